The number of amides is 1. The monoisotopic (exact) mass is 310 g/mol. The molecule has 0 unspecified atom stereocenters. The average molecular weight is 310 g/mol. The Balaban J connectivity index is 2.02. The summed E-state index contributed by atoms with van der Waals surface area (Å²) in [7, 11) is 1.67. The molecule has 7 heteroatoms. The number of carbonyl (C=O) groups is 1. The van der Waals surface area contributed by atoms with E-state index in [1.54, 1.807) is 13.3 Å². The molecule has 3 N–H and O–H groups in total. The van der Waals surface area contributed by atoms with E-state index in [0.29, 0.717) is 32.3 Å². The summed E-state index contributed by atoms with van der Waals surface area (Å²) in [5.74, 6) is 1.40. The molecule has 22 heavy (non-hydrogen) atoms. The van der Waals surface area contributed by atoms with Gasteiger partial charge in [0, 0.05) is 26.7 Å². The van der Waals surface area contributed by atoms with Gasteiger partial charge in [-0.2, -0.15) is 0 Å². The molecule has 124 valence electrons. The van der Waals surface area contributed by atoms with E-state index in [0.717, 1.165) is 18.6 Å². The fourth-order valence-electron chi connectivity index (χ4n) is 1.66. The van der Waals surface area contributed by atoms with Crippen molar-refractivity contribution in [2.24, 2.45) is 4.99 Å². The quantitative estimate of drug-likeness (QED) is 0.339. The van der Waals surface area contributed by atoms with Crippen LogP contribution in [0.3, 0.4) is 0 Å². The Bertz CT molecular complexity index is 432. The van der Waals surface area contributed by atoms with Crippen LogP contribution in [-0.4, -0.2) is 45.2 Å². The zero-order chi connectivity index (χ0) is 16.0. The molecule has 0 aliphatic carbocycles. The van der Waals surface area contributed by atoms with Crippen molar-refractivity contribution in [1.29, 1.82) is 0 Å². The fraction of sp³-hybridized carbons (Fsp3) is 0.600. The van der Waals surface area contributed by atoms with Gasteiger partial charge in [0.1, 0.15) is 12.4 Å². The van der Waals surface area contributed by atoms with E-state index >= 15 is 0 Å². The molecule has 0 spiro atoms. The molecular formula is C15H26N4O3. The third-order valence-electron chi connectivity index (χ3n) is 2.79. The molecule has 1 rings (SSSR count). The van der Waals surface area contributed by atoms with E-state index in [1.165, 1.54) is 0 Å². The Hall–Kier alpha value is -2.02. The second-order valence-electron chi connectivity index (χ2n) is 4.69. The van der Waals surface area contributed by atoms with E-state index in [-0.39, 0.29) is 12.5 Å². The highest BCUT2D eigenvalue weighted by Crippen LogP contribution is 2.01. The van der Waals surface area contributed by atoms with Gasteiger partial charge in [0.2, 0.25) is 5.91 Å². The predicted octanol–water partition coefficient (Wildman–Crippen LogP) is 0.878. The van der Waals surface area contributed by atoms with Gasteiger partial charge < -0.3 is 25.1 Å². The van der Waals surface area contributed by atoms with Gasteiger partial charge in [-0.3, -0.25) is 9.79 Å². The summed E-state index contributed by atoms with van der Waals surface area (Å²) in [6.45, 7) is 4.75. The van der Waals surface area contributed by atoms with E-state index in [9.17, 15) is 4.79 Å². The Kier molecular flexibility index (Phi) is 9.52. The van der Waals surface area contributed by atoms with Crippen LogP contribution in [0.5, 0.6) is 0 Å². The average Bonchev–Trinajstić information content (AvgIpc) is 3.04. The lowest BCUT2D eigenvalue weighted by atomic mass is 10.4. The van der Waals surface area contributed by atoms with Crippen LogP contribution >= 0.6 is 0 Å². The topological polar surface area (TPSA) is 87.9 Å². The molecule has 7 nitrogen and oxygen atoms in total. The van der Waals surface area contributed by atoms with Gasteiger partial charge in [-0.05, 0) is 25.0 Å². The minimum atomic E-state index is -0.0356. The molecule has 0 saturated heterocycles. The Morgan fingerprint density at radius 2 is 2.18 bits per heavy atom. The van der Waals surface area contributed by atoms with Crippen LogP contribution in [0.15, 0.2) is 27.8 Å². The number of rotatable bonds is 10. The lowest BCUT2D eigenvalue weighted by Crippen LogP contribution is -2.43. The van der Waals surface area contributed by atoms with E-state index in [1.807, 2.05) is 19.1 Å². The third-order valence-corrected chi connectivity index (χ3v) is 2.79. The maximum absolute atomic E-state index is 11.5. The van der Waals surface area contributed by atoms with Crippen LogP contribution in [0.1, 0.15) is 25.5 Å². The van der Waals surface area contributed by atoms with Crippen molar-refractivity contribution < 1.29 is 13.9 Å². The highest BCUT2D eigenvalue weighted by Gasteiger charge is 2.02. The molecule has 1 amide bonds. The first-order valence-corrected chi connectivity index (χ1v) is 7.57. The Labute approximate surface area is 131 Å². The molecule has 0 bridgehead atoms. The summed E-state index contributed by atoms with van der Waals surface area (Å²) in [6, 6.07) is 3.72. The van der Waals surface area contributed by atoms with Crippen LogP contribution < -0.4 is 16.0 Å². The van der Waals surface area contributed by atoms with Gasteiger partial charge in [0.15, 0.2) is 5.96 Å². The molecule has 0 aromatic carbocycles. The normalized spacial score (nSPS) is 11.3. The van der Waals surface area contributed by atoms with Gasteiger partial charge in [-0.15, -0.1) is 0 Å². The van der Waals surface area contributed by atoms with Crippen LogP contribution in [0.25, 0.3) is 0 Å². The molecule has 0 aliphatic heterocycles. The number of furan rings is 1. The van der Waals surface area contributed by atoms with Crippen molar-refractivity contribution in [2.45, 2.75) is 26.4 Å². The molecular weight excluding hydrogens is 284 g/mol. The van der Waals surface area contributed by atoms with E-state index in [2.05, 4.69) is 20.9 Å². The van der Waals surface area contributed by atoms with Gasteiger partial charge in [-0.1, -0.05) is 6.92 Å². The maximum Gasteiger partial charge on any atom is 0.239 e. The summed E-state index contributed by atoms with van der Waals surface area (Å²) in [4.78, 5) is 15.5. The number of hydrogen-bond donors (Lipinski definition) is 3. The number of nitrogens with one attached hydrogen (secondary N) is 3. The Morgan fingerprint density at radius 3 is 2.86 bits per heavy atom. The standard InChI is InChI=1S/C15H26N4O3/c1-3-7-17-14(20)11-19-15(16-2)18-8-5-9-21-12-13-6-4-10-22-13/h4,6,10H,3,5,7-9,11-12H2,1-2H3,(H,17,20)(H2,16,18,19). The molecule has 0 aliphatic rings. The van der Waals surface area contributed by atoms with Gasteiger partial charge in [-0.25, -0.2) is 0 Å². The zero-order valence-electron chi connectivity index (χ0n) is 13.4. The zero-order valence-corrected chi connectivity index (χ0v) is 13.4. The molecule has 0 fully saturated rings. The number of nitrogens with zero attached hydrogens (tertiary/aromatic N) is 1. The Morgan fingerprint density at radius 1 is 1.32 bits per heavy atom. The third kappa shape index (κ3) is 8.31. The lowest BCUT2D eigenvalue weighted by molar-refractivity contribution is -0.120. The number of carbonyl (C=O) groups excluding carboxylic acids is 1. The fourth-order valence-corrected chi connectivity index (χ4v) is 1.66. The highest BCUT2D eigenvalue weighted by molar-refractivity contribution is 5.86. The largest absolute Gasteiger partial charge is 0.467 e. The molecule has 0 atom stereocenters. The summed E-state index contributed by atoms with van der Waals surface area (Å²) >= 11 is 0. The smallest absolute Gasteiger partial charge is 0.239 e. The molecule has 0 radical (unpaired) electrons. The second kappa shape index (κ2) is 11.6. The minimum absolute atomic E-state index is 0.0356. The van der Waals surface area contributed by atoms with E-state index < -0.39 is 0 Å². The molecule has 1 aromatic heterocycles. The number of aliphatic imine (C=N–C) groups is 1. The lowest BCUT2D eigenvalue weighted by Gasteiger charge is -2.11. The summed E-state index contributed by atoms with van der Waals surface area (Å²) in [5, 5.41) is 8.89. The SMILES string of the molecule is CCCNC(=O)CNC(=NC)NCCCOCc1ccco1. The van der Waals surface area contributed by atoms with Crippen molar-refractivity contribution in [2.75, 3.05) is 33.3 Å². The highest BCUT2D eigenvalue weighted by atomic mass is 16.5. The predicted molar refractivity (Wildman–Crippen MR) is 85.6 cm³/mol. The van der Waals surface area contributed by atoms with Crippen molar-refractivity contribution in [1.82, 2.24) is 16.0 Å². The number of ether oxygens (including phenoxy) is 1. The van der Waals surface area contributed by atoms with Crippen LogP contribution in [0.2, 0.25) is 0 Å². The first-order chi connectivity index (χ1) is 10.8. The van der Waals surface area contributed by atoms with Crippen LogP contribution in [0, 0.1) is 0 Å². The molecule has 1 heterocycles. The summed E-state index contributed by atoms with van der Waals surface area (Å²) in [5.41, 5.74) is 0. The number of hydrogen-bond acceptors (Lipinski definition) is 4. The second-order valence-corrected chi connectivity index (χ2v) is 4.69. The first kappa shape index (κ1) is 18.0. The van der Waals surface area contributed by atoms with Crippen LogP contribution in [0.4, 0.5) is 0 Å². The van der Waals surface area contributed by atoms with Crippen molar-refractivity contribution in [3.05, 3.63) is 24.2 Å². The summed E-state index contributed by atoms with van der Waals surface area (Å²) < 4.78 is 10.6. The maximum atomic E-state index is 11.5. The molecule has 1 aromatic rings. The van der Waals surface area contributed by atoms with E-state index in [4.69, 9.17) is 9.15 Å². The van der Waals surface area contributed by atoms with Crippen molar-refractivity contribution in [3.63, 3.8) is 0 Å². The van der Waals surface area contributed by atoms with Gasteiger partial charge in [0.05, 0.1) is 12.8 Å². The number of guanidine groups is 1. The van der Waals surface area contributed by atoms with Crippen molar-refractivity contribution >= 4 is 11.9 Å². The van der Waals surface area contributed by atoms with Crippen molar-refractivity contribution in [3.8, 4) is 0 Å². The summed E-state index contributed by atoms with van der Waals surface area (Å²) in [6.07, 6.45) is 3.40. The first-order valence-electron chi connectivity index (χ1n) is 7.57. The molecule has 0 saturated carbocycles. The van der Waals surface area contributed by atoms with Gasteiger partial charge in [0.25, 0.3) is 0 Å². The minimum Gasteiger partial charge on any atom is -0.467 e. The van der Waals surface area contributed by atoms with Gasteiger partial charge >= 0.3 is 0 Å². The van der Waals surface area contributed by atoms with Crippen LogP contribution in [-0.2, 0) is 16.1 Å².